The maximum atomic E-state index is 13.5. The maximum absolute atomic E-state index is 13.5. The molecule has 6 heteroatoms. The summed E-state index contributed by atoms with van der Waals surface area (Å²) >= 11 is 3.22. The van der Waals surface area contributed by atoms with Crippen LogP contribution in [0.1, 0.15) is 16.1 Å². The summed E-state index contributed by atoms with van der Waals surface area (Å²) in [4.78, 5) is 10.6. The van der Waals surface area contributed by atoms with Crippen molar-refractivity contribution in [1.82, 2.24) is 5.16 Å². The van der Waals surface area contributed by atoms with E-state index in [1.165, 1.54) is 12.1 Å². The fourth-order valence-corrected chi connectivity index (χ4v) is 1.74. The highest BCUT2D eigenvalue weighted by atomic mass is 79.9. The van der Waals surface area contributed by atoms with Crippen LogP contribution in [0.25, 0.3) is 11.3 Å². The highest BCUT2D eigenvalue weighted by molar-refractivity contribution is 9.10. The lowest BCUT2D eigenvalue weighted by Crippen LogP contribution is -1.91. The number of carbonyl (C=O) groups is 1. The molecule has 1 N–H and O–H groups in total. The summed E-state index contributed by atoms with van der Waals surface area (Å²) < 4.78 is 18.7. The highest BCUT2D eigenvalue weighted by Crippen LogP contribution is 2.27. The molecule has 0 fully saturated rings. The maximum Gasteiger partial charge on any atom is 0.374 e. The first kappa shape index (κ1) is 11.8. The molecule has 0 aliphatic heterocycles. The first-order valence-electron chi connectivity index (χ1n) is 4.65. The molecule has 1 aromatic heterocycles. The van der Waals surface area contributed by atoms with Gasteiger partial charge in [0.1, 0.15) is 11.5 Å². The lowest BCUT2D eigenvalue weighted by atomic mass is 10.1. The van der Waals surface area contributed by atoms with Crippen molar-refractivity contribution in [3.63, 3.8) is 0 Å². The second-order valence-corrected chi connectivity index (χ2v) is 4.30. The van der Waals surface area contributed by atoms with Crippen LogP contribution in [0, 0.1) is 12.7 Å². The van der Waals surface area contributed by atoms with Crippen molar-refractivity contribution in [2.24, 2.45) is 0 Å². The Morgan fingerprint density at radius 3 is 2.71 bits per heavy atom. The molecule has 0 atom stereocenters. The second kappa shape index (κ2) is 4.29. The highest BCUT2D eigenvalue weighted by Gasteiger charge is 2.14. The smallest absolute Gasteiger partial charge is 0.374 e. The molecule has 0 amide bonds. The molecule has 1 aromatic carbocycles. The molecule has 2 rings (SSSR count). The van der Waals surface area contributed by atoms with Crippen molar-refractivity contribution < 1.29 is 18.8 Å². The van der Waals surface area contributed by atoms with E-state index in [1.54, 1.807) is 13.0 Å². The monoisotopic (exact) mass is 299 g/mol. The standard InChI is InChI=1S/C11H7BrFNO3/c1-5-7(12)2-6(3-8(5)13)9-4-10(11(15)16)17-14-9/h2-4H,1H3,(H,15,16). The molecule has 0 saturated carbocycles. The molecule has 0 spiro atoms. The summed E-state index contributed by atoms with van der Waals surface area (Å²) in [6.07, 6.45) is 0. The van der Waals surface area contributed by atoms with Crippen LogP contribution in [0.2, 0.25) is 0 Å². The van der Waals surface area contributed by atoms with Crippen molar-refractivity contribution in [2.45, 2.75) is 6.92 Å². The average molecular weight is 300 g/mol. The Balaban J connectivity index is 2.49. The van der Waals surface area contributed by atoms with Crippen LogP contribution in [0.4, 0.5) is 4.39 Å². The zero-order chi connectivity index (χ0) is 12.6. The van der Waals surface area contributed by atoms with Gasteiger partial charge in [-0.15, -0.1) is 0 Å². The molecule has 88 valence electrons. The lowest BCUT2D eigenvalue weighted by molar-refractivity contribution is 0.0652. The van der Waals surface area contributed by atoms with E-state index in [0.717, 1.165) is 0 Å². The van der Waals surface area contributed by atoms with Crippen LogP contribution in [-0.4, -0.2) is 16.2 Å². The van der Waals surface area contributed by atoms with Crippen LogP contribution in [0.5, 0.6) is 0 Å². The number of carboxylic acid groups (broad SMARTS) is 1. The Morgan fingerprint density at radius 2 is 2.18 bits per heavy atom. The van der Waals surface area contributed by atoms with Gasteiger partial charge in [0.2, 0.25) is 5.76 Å². The summed E-state index contributed by atoms with van der Waals surface area (Å²) in [6, 6.07) is 4.18. The largest absolute Gasteiger partial charge is 0.475 e. The summed E-state index contributed by atoms with van der Waals surface area (Å²) in [5.41, 5.74) is 1.22. The number of rotatable bonds is 2. The van der Waals surface area contributed by atoms with Gasteiger partial charge in [0.05, 0.1) is 0 Å². The molecule has 0 aliphatic rings. The second-order valence-electron chi connectivity index (χ2n) is 3.45. The number of nitrogens with zero attached hydrogens (tertiary/aromatic N) is 1. The summed E-state index contributed by atoms with van der Waals surface area (Å²) in [7, 11) is 0. The fourth-order valence-electron chi connectivity index (χ4n) is 1.31. The van der Waals surface area contributed by atoms with Crippen LogP contribution in [0.3, 0.4) is 0 Å². The molecule has 0 bridgehead atoms. The predicted molar refractivity (Wildman–Crippen MR) is 61.3 cm³/mol. The van der Waals surface area contributed by atoms with Gasteiger partial charge in [0.15, 0.2) is 0 Å². The Kier molecular flexibility index (Phi) is 2.97. The van der Waals surface area contributed by atoms with E-state index in [-0.39, 0.29) is 11.5 Å². The number of halogens is 2. The van der Waals surface area contributed by atoms with E-state index in [4.69, 9.17) is 5.11 Å². The zero-order valence-corrected chi connectivity index (χ0v) is 10.3. The predicted octanol–water partition coefficient (Wildman–Crippen LogP) is 3.25. The number of aromatic nitrogens is 1. The third-order valence-corrected chi connectivity index (χ3v) is 3.12. The van der Waals surface area contributed by atoms with E-state index >= 15 is 0 Å². The molecule has 0 aliphatic carbocycles. The Bertz CT molecular complexity index is 571. The van der Waals surface area contributed by atoms with Gasteiger partial charge >= 0.3 is 5.97 Å². The third-order valence-electron chi connectivity index (χ3n) is 2.30. The fraction of sp³-hybridized carbons (Fsp3) is 0.0909. The Labute approximate surface area is 104 Å². The van der Waals surface area contributed by atoms with Crippen molar-refractivity contribution in [3.8, 4) is 11.3 Å². The number of hydrogen-bond donors (Lipinski definition) is 1. The summed E-state index contributed by atoms with van der Waals surface area (Å²) in [6.45, 7) is 1.63. The molecule has 2 aromatic rings. The lowest BCUT2D eigenvalue weighted by Gasteiger charge is -2.02. The van der Waals surface area contributed by atoms with Gasteiger partial charge in [-0.1, -0.05) is 21.1 Å². The minimum atomic E-state index is -1.21. The van der Waals surface area contributed by atoms with Crippen LogP contribution in [-0.2, 0) is 0 Å². The SMILES string of the molecule is Cc1c(F)cc(-c2cc(C(=O)O)on2)cc1Br. The third kappa shape index (κ3) is 2.21. The zero-order valence-electron chi connectivity index (χ0n) is 8.70. The van der Waals surface area contributed by atoms with Crippen molar-refractivity contribution in [1.29, 1.82) is 0 Å². The van der Waals surface area contributed by atoms with Crippen molar-refractivity contribution in [2.75, 3.05) is 0 Å². The quantitative estimate of drug-likeness (QED) is 0.924. The summed E-state index contributed by atoms with van der Waals surface area (Å²) in [5.74, 6) is -1.89. The van der Waals surface area contributed by atoms with Gasteiger partial charge in [-0.2, -0.15) is 0 Å². The molecule has 0 unspecified atom stereocenters. The van der Waals surface area contributed by atoms with Crippen LogP contribution >= 0.6 is 15.9 Å². The number of carboxylic acids is 1. The van der Waals surface area contributed by atoms with Gasteiger partial charge in [-0.05, 0) is 24.6 Å². The van der Waals surface area contributed by atoms with Gasteiger partial charge in [-0.25, -0.2) is 9.18 Å². The van der Waals surface area contributed by atoms with Crippen LogP contribution < -0.4 is 0 Å². The van der Waals surface area contributed by atoms with Crippen molar-refractivity contribution >= 4 is 21.9 Å². The van der Waals surface area contributed by atoms with Gasteiger partial charge in [-0.3, -0.25) is 0 Å². The van der Waals surface area contributed by atoms with E-state index in [1.807, 2.05) is 0 Å². The summed E-state index contributed by atoms with van der Waals surface area (Å²) in [5, 5.41) is 12.3. The van der Waals surface area contributed by atoms with E-state index in [9.17, 15) is 9.18 Å². The van der Waals surface area contributed by atoms with Gasteiger partial charge in [0.25, 0.3) is 0 Å². The van der Waals surface area contributed by atoms with Crippen molar-refractivity contribution in [3.05, 3.63) is 39.8 Å². The molecule has 4 nitrogen and oxygen atoms in total. The van der Waals surface area contributed by atoms with E-state index in [0.29, 0.717) is 15.6 Å². The first-order chi connectivity index (χ1) is 7.99. The van der Waals surface area contributed by atoms with Gasteiger partial charge in [0, 0.05) is 16.1 Å². The molecular formula is C11H7BrFNO3. The normalized spacial score (nSPS) is 10.5. The van der Waals surface area contributed by atoms with E-state index < -0.39 is 11.8 Å². The van der Waals surface area contributed by atoms with E-state index in [2.05, 4.69) is 25.6 Å². The Morgan fingerprint density at radius 1 is 1.47 bits per heavy atom. The molecular weight excluding hydrogens is 293 g/mol. The molecule has 0 radical (unpaired) electrons. The molecule has 17 heavy (non-hydrogen) atoms. The first-order valence-corrected chi connectivity index (χ1v) is 5.44. The minimum Gasteiger partial charge on any atom is -0.475 e. The van der Waals surface area contributed by atoms with Crippen LogP contribution in [0.15, 0.2) is 27.2 Å². The molecule has 1 heterocycles. The Hall–Kier alpha value is -1.69. The number of benzene rings is 1. The average Bonchev–Trinajstić information content (AvgIpc) is 2.74. The number of hydrogen-bond acceptors (Lipinski definition) is 3. The molecule has 0 saturated heterocycles. The van der Waals surface area contributed by atoms with Gasteiger partial charge < -0.3 is 9.63 Å². The number of aromatic carboxylic acids is 1. The minimum absolute atomic E-state index is 0.280. The topological polar surface area (TPSA) is 63.3 Å².